The lowest BCUT2D eigenvalue weighted by molar-refractivity contribution is 0.709. The van der Waals surface area contributed by atoms with Crippen LogP contribution in [0.4, 0.5) is 5.69 Å². The van der Waals surface area contributed by atoms with Gasteiger partial charge in [-0.25, -0.2) is 0 Å². The fraction of sp³-hybridized carbons (Fsp3) is 0.133. The number of benzene rings is 2. The molecule has 0 fully saturated rings. The van der Waals surface area contributed by atoms with Crippen LogP contribution >= 0.6 is 0 Å². The quantitative estimate of drug-likeness (QED) is 0.696. The summed E-state index contributed by atoms with van der Waals surface area (Å²) in [4.78, 5) is 0. The van der Waals surface area contributed by atoms with Gasteiger partial charge in [0, 0.05) is 11.1 Å². The highest BCUT2D eigenvalue weighted by Gasteiger charge is 2.05. The number of para-hydroxylation sites is 1. The van der Waals surface area contributed by atoms with Gasteiger partial charge < -0.3 is 5.73 Å². The minimum absolute atomic E-state index is 0.754. The summed E-state index contributed by atoms with van der Waals surface area (Å²) in [7, 11) is 0. The number of nitrogens with zero attached hydrogens (tertiary/aromatic N) is 2. The first-order valence-electron chi connectivity index (χ1n) is 6.00. The van der Waals surface area contributed by atoms with Crippen LogP contribution in [0.3, 0.4) is 0 Å². The average molecular weight is 237 g/mol. The lowest BCUT2D eigenvalue weighted by atomic mass is 10.1. The van der Waals surface area contributed by atoms with Crippen LogP contribution in [0, 0.1) is 6.92 Å². The summed E-state index contributed by atoms with van der Waals surface area (Å²) in [5.74, 6) is 0. The number of hydrogen-bond donors (Lipinski definition) is 1. The van der Waals surface area contributed by atoms with Crippen molar-refractivity contribution in [2.45, 2.75) is 13.5 Å². The van der Waals surface area contributed by atoms with Crippen molar-refractivity contribution in [1.82, 2.24) is 9.78 Å². The van der Waals surface area contributed by atoms with Gasteiger partial charge in [-0.05, 0) is 30.2 Å². The van der Waals surface area contributed by atoms with Gasteiger partial charge in [0.25, 0.3) is 0 Å². The monoisotopic (exact) mass is 237 g/mol. The second-order valence-corrected chi connectivity index (χ2v) is 4.49. The molecule has 0 saturated carbocycles. The molecule has 0 aliphatic rings. The Hall–Kier alpha value is -2.29. The van der Waals surface area contributed by atoms with E-state index in [0.717, 1.165) is 23.3 Å². The third kappa shape index (κ3) is 1.74. The lowest BCUT2D eigenvalue weighted by Gasteiger charge is -2.09. The van der Waals surface area contributed by atoms with Gasteiger partial charge in [0.05, 0.1) is 18.3 Å². The largest absolute Gasteiger partial charge is 0.399 e. The van der Waals surface area contributed by atoms with Crippen LogP contribution in [0.15, 0.2) is 48.7 Å². The zero-order chi connectivity index (χ0) is 12.5. The van der Waals surface area contributed by atoms with Gasteiger partial charge in [0.1, 0.15) is 0 Å². The molecule has 0 saturated heterocycles. The standard InChI is InChI=1S/C15H15N3/c1-11-13(6-4-7-14(11)16)10-18-15-8-3-2-5-12(15)9-17-18/h2-9H,10,16H2,1H3. The number of anilines is 1. The molecule has 3 rings (SSSR count). The van der Waals surface area contributed by atoms with Crippen molar-refractivity contribution in [2.24, 2.45) is 0 Å². The van der Waals surface area contributed by atoms with Crippen LogP contribution in [-0.2, 0) is 6.54 Å². The number of hydrogen-bond acceptors (Lipinski definition) is 2. The van der Waals surface area contributed by atoms with E-state index in [1.54, 1.807) is 0 Å². The number of nitrogens with two attached hydrogens (primary N) is 1. The summed E-state index contributed by atoms with van der Waals surface area (Å²) >= 11 is 0. The molecule has 0 amide bonds. The molecular weight excluding hydrogens is 222 g/mol. The molecule has 3 heteroatoms. The predicted molar refractivity (Wildman–Crippen MR) is 74.4 cm³/mol. The fourth-order valence-corrected chi connectivity index (χ4v) is 2.19. The molecule has 18 heavy (non-hydrogen) atoms. The minimum atomic E-state index is 0.754. The SMILES string of the molecule is Cc1c(N)cccc1Cn1ncc2ccccc21. The molecule has 0 spiro atoms. The summed E-state index contributed by atoms with van der Waals surface area (Å²) < 4.78 is 2.01. The molecule has 0 bridgehead atoms. The molecule has 2 N–H and O–H groups in total. The molecule has 2 aromatic carbocycles. The Morgan fingerprint density at radius 2 is 1.94 bits per heavy atom. The van der Waals surface area contributed by atoms with Crippen LogP contribution in [0.25, 0.3) is 10.9 Å². The van der Waals surface area contributed by atoms with E-state index in [9.17, 15) is 0 Å². The van der Waals surface area contributed by atoms with Gasteiger partial charge in [0.2, 0.25) is 0 Å². The maximum atomic E-state index is 5.93. The fourth-order valence-electron chi connectivity index (χ4n) is 2.19. The first kappa shape index (κ1) is 10.8. The maximum Gasteiger partial charge on any atom is 0.0686 e. The van der Waals surface area contributed by atoms with Crippen molar-refractivity contribution in [3.63, 3.8) is 0 Å². The minimum Gasteiger partial charge on any atom is -0.399 e. The zero-order valence-electron chi connectivity index (χ0n) is 10.3. The molecule has 0 radical (unpaired) electrons. The third-order valence-corrected chi connectivity index (χ3v) is 3.36. The second-order valence-electron chi connectivity index (χ2n) is 4.49. The van der Waals surface area contributed by atoms with Crippen molar-refractivity contribution >= 4 is 16.6 Å². The van der Waals surface area contributed by atoms with E-state index in [1.165, 1.54) is 10.9 Å². The Labute approximate surface area is 106 Å². The maximum absolute atomic E-state index is 5.93. The molecule has 1 aromatic heterocycles. The van der Waals surface area contributed by atoms with E-state index in [1.807, 2.05) is 35.1 Å². The van der Waals surface area contributed by atoms with Crippen LogP contribution in [0.1, 0.15) is 11.1 Å². The Balaban J connectivity index is 2.04. The summed E-state index contributed by atoms with van der Waals surface area (Å²) in [6.45, 7) is 2.81. The molecule has 0 unspecified atom stereocenters. The third-order valence-electron chi connectivity index (χ3n) is 3.36. The Morgan fingerprint density at radius 1 is 1.11 bits per heavy atom. The van der Waals surface area contributed by atoms with Gasteiger partial charge in [-0.3, -0.25) is 4.68 Å². The molecule has 3 nitrogen and oxygen atoms in total. The Morgan fingerprint density at radius 3 is 2.83 bits per heavy atom. The second kappa shape index (κ2) is 4.18. The summed E-state index contributed by atoms with van der Waals surface area (Å²) in [6, 6.07) is 14.2. The normalized spacial score (nSPS) is 10.9. The summed E-state index contributed by atoms with van der Waals surface area (Å²) in [5.41, 5.74) is 10.3. The number of fused-ring (bicyclic) bond motifs is 1. The molecule has 0 atom stereocenters. The van der Waals surface area contributed by atoms with Crippen molar-refractivity contribution in [1.29, 1.82) is 0 Å². The van der Waals surface area contributed by atoms with Crippen molar-refractivity contribution < 1.29 is 0 Å². The molecule has 0 aliphatic carbocycles. The van der Waals surface area contributed by atoms with E-state index in [2.05, 4.69) is 30.2 Å². The van der Waals surface area contributed by atoms with E-state index in [-0.39, 0.29) is 0 Å². The predicted octanol–water partition coefficient (Wildman–Crippen LogP) is 2.98. The van der Waals surface area contributed by atoms with Crippen LogP contribution in [0.5, 0.6) is 0 Å². The number of nitrogen functional groups attached to an aromatic ring is 1. The highest BCUT2D eigenvalue weighted by Crippen LogP contribution is 2.19. The van der Waals surface area contributed by atoms with Crippen molar-refractivity contribution in [3.8, 4) is 0 Å². The van der Waals surface area contributed by atoms with Gasteiger partial charge in [-0.1, -0.05) is 30.3 Å². The number of rotatable bonds is 2. The Kier molecular flexibility index (Phi) is 2.52. The molecule has 90 valence electrons. The Bertz CT molecular complexity index is 698. The first-order chi connectivity index (χ1) is 8.75. The first-order valence-corrected chi connectivity index (χ1v) is 6.00. The van der Waals surface area contributed by atoms with Crippen molar-refractivity contribution in [2.75, 3.05) is 5.73 Å². The van der Waals surface area contributed by atoms with Gasteiger partial charge in [-0.15, -0.1) is 0 Å². The van der Waals surface area contributed by atoms with E-state index in [0.29, 0.717) is 0 Å². The van der Waals surface area contributed by atoms with E-state index in [4.69, 9.17) is 5.73 Å². The van der Waals surface area contributed by atoms with E-state index >= 15 is 0 Å². The molecular formula is C15H15N3. The van der Waals surface area contributed by atoms with Crippen LogP contribution in [-0.4, -0.2) is 9.78 Å². The van der Waals surface area contributed by atoms with Gasteiger partial charge >= 0.3 is 0 Å². The number of aromatic nitrogens is 2. The highest BCUT2D eigenvalue weighted by atomic mass is 15.3. The molecule has 3 aromatic rings. The smallest absolute Gasteiger partial charge is 0.0686 e. The average Bonchev–Trinajstić information content (AvgIpc) is 2.79. The van der Waals surface area contributed by atoms with Gasteiger partial charge in [0.15, 0.2) is 0 Å². The van der Waals surface area contributed by atoms with Crippen molar-refractivity contribution in [3.05, 3.63) is 59.8 Å². The lowest BCUT2D eigenvalue weighted by Crippen LogP contribution is -2.04. The highest BCUT2D eigenvalue weighted by molar-refractivity contribution is 5.78. The van der Waals surface area contributed by atoms with E-state index < -0.39 is 0 Å². The van der Waals surface area contributed by atoms with Crippen LogP contribution in [0.2, 0.25) is 0 Å². The summed E-state index contributed by atoms with van der Waals surface area (Å²) in [6.07, 6.45) is 1.90. The molecule has 1 heterocycles. The topological polar surface area (TPSA) is 43.8 Å². The molecule has 0 aliphatic heterocycles. The van der Waals surface area contributed by atoms with Crippen LogP contribution < -0.4 is 5.73 Å². The van der Waals surface area contributed by atoms with Gasteiger partial charge in [-0.2, -0.15) is 5.10 Å². The summed E-state index contributed by atoms with van der Waals surface area (Å²) in [5, 5.41) is 5.60. The zero-order valence-corrected chi connectivity index (χ0v) is 10.3.